The maximum absolute atomic E-state index is 12.9. The van der Waals surface area contributed by atoms with Gasteiger partial charge in [0.1, 0.15) is 17.3 Å². The van der Waals surface area contributed by atoms with Crippen LogP contribution in [0.2, 0.25) is 0 Å². The summed E-state index contributed by atoms with van der Waals surface area (Å²) in [6.07, 6.45) is 3.04. The lowest BCUT2D eigenvalue weighted by Crippen LogP contribution is -2.24. The summed E-state index contributed by atoms with van der Waals surface area (Å²) >= 11 is 0. The Balaban J connectivity index is 1.68. The van der Waals surface area contributed by atoms with Crippen LogP contribution in [0, 0.1) is 5.82 Å². The second-order valence-corrected chi connectivity index (χ2v) is 5.72. The second-order valence-electron chi connectivity index (χ2n) is 5.72. The van der Waals surface area contributed by atoms with Crippen molar-refractivity contribution in [3.63, 3.8) is 0 Å². The lowest BCUT2D eigenvalue weighted by atomic mass is 10.2. The van der Waals surface area contributed by atoms with Crippen LogP contribution >= 0.6 is 0 Å². The van der Waals surface area contributed by atoms with Crippen LogP contribution in [0.4, 0.5) is 15.9 Å². The van der Waals surface area contributed by atoms with Gasteiger partial charge >= 0.3 is 0 Å². The van der Waals surface area contributed by atoms with Gasteiger partial charge in [0, 0.05) is 18.8 Å². The summed E-state index contributed by atoms with van der Waals surface area (Å²) in [6, 6.07) is 15.6. The number of carbonyl (C=O) groups is 1. The van der Waals surface area contributed by atoms with E-state index in [4.69, 9.17) is 0 Å². The van der Waals surface area contributed by atoms with Gasteiger partial charge < -0.3 is 10.2 Å². The van der Waals surface area contributed by atoms with E-state index in [0.29, 0.717) is 18.1 Å². The molecule has 0 spiro atoms. The van der Waals surface area contributed by atoms with Gasteiger partial charge in [0.15, 0.2) is 0 Å². The molecular formula is C20H19FN4O. The third-order valence-electron chi connectivity index (χ3n) is 3.89. The molecule has 6 heteroatoms. The third kappa shape index (κ3) is 4.42. The van der Waals surface area contributed by atoms with Crippen molar-refractivity contribution >= 4 is 17.4 Å². The fourth-order valence-corrected chi connectivity index (χ4v) is 2.49. The van der Waals surface area contributed by atoms with E-state index in [9.17, 15) is 9.18 Å². The highest BCUT2D eigenvalue weighted by Gasteiger charge is 2.11. The van der Waals surface area contributed by atoms with E-state index in [-0.39, 0.29) is 17.4 Å². The molecule has 26 heavy (non-hydrogen) atoms. The van der Waals surface area contributed by atoms with Crippen LogP contribution in [0.25, 0.3) is 0 Å². The van der Waals surface area contributed by atoms with E-state index >= 15 is 0 Å². The van der Waals surface area contributed by atoms with Gasteiger partial charge in [0.2, 0.25) is 0 Å². The average molecular weight is 350 g/mol. The lowest BCUT2D eigenvalue weighted by Gasteiger charge is -2.21. The van der Waals surface area contributed by atoms with Crippen molar-refractivity contribution in [1.29, 1.82) is 0 Å². The molecule has 1 heterocycles. The van der Waals surface area contributed by atoms with Gasteiger partial charge in [0.05, 0.1) is 12.4 Å². The van der Waals surface area contributed by atoms with Gasteiger partial charge in [0.25, 0.3) is 5.91 Å². The van der Waals surface area contributed by atoms with Crippen molar-refractivity contribution in [3.8, 4) is 0 Å². The van der Waals surface area contributed by atoms with Gasteiger partial charge in [-0.1, -0.05) is 30.3 Å². The normalized spacial score (nSPS) is 10.4. The number of carbonyl (C=O) groups excluding carboxylic acids is 1. The van der Waals surface area contributed by atoms with E-state index < -0.39 is 0 Å². The molecule has 0 bridgehead atoms. The first kappa shape index (κ1) is 17.5. The summed E-state index contributed by atoms with van der Waals surface area (Å²) in [7, 11) is 0. The van der Waals surface area contributed by atoms with Gasteiger partial charge in [-0.25, -0.2) is 14.4 Å². The summed E-state index contributed by atoms with van der Waals surface area (Å²) in [5, 5.41) is 2.67. The Morgan fingerprint density at radius 1 is 1.04 bits per heavy atom. The smallest absolute Gasteiger partial charge is 0.275 e. The molecule has 5 nitrogen and oxygen atoms in total. The van der Waals surface area contributed by atoms with E-state index in [0.717, 1.165) is 6.54 Å². The SMILES string of the molecule is CCN(Cc1ccccc1)c1cnc(C(=O)Nc2ccc(F)cc2)cn1. The summed E-state index contributed by atoms with van der Waals surface area (Å²) in [5.74, 6) is -0.0401. The highest BCUT2D eigenvalue weighted by Crippen LogP contribution is 2.14. The maximum Gasteiger partial charge on any atom is 0.275 e. The molecule has 3 aromatic rings. The topological polar surface area (TPSA) is 58.1 Å². The van der Waals surface area contributed by atoms with E-state index in [1.54, 1.807) is 6.20 Å². The van der Waals surface area contributed by atoms with Crippen LogP contribution < -0.4 is 10.2 Å². The molecule has 132 valence electrons. The van der Waals surface area contributed by atoms with E-state index in [1.165, 1.54) is 36.0 Å². The van der Waals surface area contributed by atoms with E-state index in [1.807, 2.05) is 25.1 Å². The number of nitrogens with one attached hydrogen (secondary N) is 1. The molecule has 0 atom stereocenters. The fraction of sp³-hybridized carbons (Fsp3) is 0.150. The van der Waals surface area contributed by atoms with Crippen molar-refractivity contribution in [2.75, 3.05) is 16.8 Å². The maximum atomic E-state index is 12.9. The fourth-order valence-electron chi connectivity index (χ4n) is 2.49. The van der Waals surface area contributed by atoms with Crippen molar-refractivity contribution < 1.29 is 9.18 Å². The van der Waals surface area contributed by atoms with Crippen LogP contribution in [-0.2, 0) is 6.54 Å². The van der Waals surface area contributed by atoms with Gasteiger partial charge in [-0.2, -0.15) is 0 Å². The molecule has 3 rings (SSSR count). The molecular weight excluding hydrogens is 331 g/mol. The Hall–Kier alpha value is -3.28. The van der Waals surface area contributed by atoms with Crippen LogP contribution in [0.5, 0.6) is 0 Å². The summed E-state index contributed by atoms with van der Waals surface area (Å²) in [5.41, 5.74) is 1.88. The van der Waals surface area contributed by atoms with Crippen molar-refractivity contribution in [2.45, 2.75) is 13.5 Å². The predicted molar refractivity (Wildman–Crippen MR) is 99.6 cm³/mol. The highest BCUT2D eigenvalue weighted by molar-refractivity contribution is 6.02. The molecule has 1 N–H and O–H groups in total. The number of hydrogen-bond acceptors (Lipinski definition) is 4. The molecule has 0 aliphatic rings. The average Bonchev–Trinajstić information content (AvgIpc) is 2.69. The minimum atomic E-state index is -0.387. The van der Waals surface area contributed by atoms with Gasteiger partial charge in [-0.05, 0) is 36.8 Å². The number of hydrogen-bond donors (Lipinski definition) is 1. The first-order chi connectivity index (χ1) is 12.7. The molecule has 0 aliphatic carbocycles. The molecule has 1 aromatic heterocycles. The first-order valence-electron chi connectivity index (χ1n) is 8.33. The minimum Gasteiger partial charge on any atom is -0.351 e. The van der Waals surface area contributed by atoms with Crippen LogP contribution in [0.15, 0.2) is 67.0 Å². The van der Waals surface area contributed by atoms with Crippen LogP contribution in [0.3, 0.4) is 0 Å². The molecule has 0 fully saturated rings. The number of halogens is 1. The second kappa shape index (κ2) is 8.20. The standard InChI is InChI=1S/C20H19FN4O/c1-2-25(14-15-6-4-3-5-7-15)19-13-22-18(12-23-19)20(26)24-17-10-8-16(21)9-11-17/h3-13H,2,14H2,1H3,(H,24,26). The van der Waals surface area contributed by atoms with E-state index in [2.05, 4.69) is 32.3 Å². The van der Waals surface area contributed by atoms with Crippen molar-refractivity contribution in [3.05, 3.63) is 84.1 Å². The summed E-state index contributed by atoms with van der Waals surface area (Å²) in [6.45, 7) is 3.53. The van der Waals surface area contributed by atoms with Crippen LogP contribution in [-0.4, -0.2) is 22.4 Å². The Bertz CT molecular complexity index is 851. The predicted octanol–water partition coefficient (Wildman–Crippen LogP) is 3.89. The molecule has 0 unspecified atom stereocenters. The van der Waals surface area contributed by atoms with Gasteiger partial charge in [-0.15, -0.1) is 0 Å². The number of benzene rings is 2. The Morgan fingerprint density at radius 2 is 1.77 bits per heavy atom. The highest BCUT2D eigenvalue weighted by atomic mass is 19.1. The number of aromatic nitrogens is 2. The first-order valence-corrected chi connectivity index (χ1v) is 8.33. The monoisotopic (exact) mass is 350 g/mol. The lowest BCUT2D eigenvalue weighted by molar-refractivity contribution is 0.102. The zero-order valence-corrected chi connectivity index (χ0v) is 14.4. The molecule has 1 amide bonds. The number of anilines is 2. The number of amides is 1. The van der Waals surface area contributed by atoms with Gasteiger partial charge in [-0.3, -0.25) is 4.79 Å². The Labute approximate surface area is 151 Å². The largest absolute Gasteiger partial charge is 0.351 e. The van der Waals surface area contributed by atoms with Crippen LogP contribution in [0.1, 0.15) is 23.0 Å². The quantitative estimate of drug-likeness (QED) is 0.733. The van der Waals surface area contributed by atoms with Crippen molar-refractivity contribution in [2.24, 2.45) is 0 Å². The zero-order chi connectivity index (χ0) is 18.4. The minimum absolute atomic E-state index is 0.203. The molecule has 2 aromatic carbocycles. The third-order valence-corrected chi connectivity index (χ3v) is 3.89. The molecule has 0 saturated carbocycles. The Kier molecular flexibility index (Phi) is 5.53. The molecule has 0 radical (unpaired) electrons. The van der Waals surface area contributed by atoms with Crippen molar-refractivity contribution in [1.82, 2.24) is 9.97 Å². The Morgan fingerprint density at radius 3 is 2.38 bits per heavy atom. The zero-order valence-electron chi connectivity index (χ0n) is 14.4. The number of nitrogens with zero attached hydrogens (tertiary/aromatic N) is 3. The number of rotatable bonds is 6. The summed E-state index contributed by atoms with van der Waals surface area (Å²) in [4.78, 5) is 22.9. The molecule has 0 aliphatic heterocycles. The summed E-state index contributed by atoms with van der Waals surface area (Å²) < 4.78 is 12.9. The molecule has 0 saturated heterocycles.